The van der Waals surface area contributed by atoms with E-state index in [4.69, 9.17) is 0 Å². The molecule has 5 atom stereocenters. The van der Waals surface area contributed by atoms with Gasteiger partial charge in [0.25, 0.3) is 0 Å². The van der Waals surface area contributed by atoms with Crippen LogP contribution < -0.4 is 5.32 Å². The Balaban J connectivity index is 1.86. The Morgan fingerprint density at radius 2 is 1.84 bits per heavy atom. The molecule has 2 saturated carbocycles. The van der Waals surface area contributed by atoms with Crippen LogP contribution in [0.2, 0.25) is 0 Å². The van der Waals surface area contributed by atoms with E-state index in [1.165, 1.54) is 12.8 Å². The van der Waals surface area contributed by atoms with Crippen molar-refractivity contribution < 1.29 is 13.2 Å². The molecule has 19 heavy (non-hydrogen) atoms. The highest BCUT2D eigenvalue weighted by atomic mass is 19.4. The van der Waals surface area contributed by atoms with E-state index in [1.54, 1.807) is 0 Å². The van der Waals surface area contributed by atoms with E-state index in [0.29, 0.717) is 24.8 Å². The van der Waals surface area contributed by atoms with Crippen molar-refractivity contribution in [2.45, 2.75) is 77.1 Å². The minimum Gasteiger partial charge on any atom is -0.311 e. The second kappa shape index (κ2) is 6.02. The van der Waals surface area contributed by atoms with Crippen molar-refractivity contribution in [2.75, 3.05) is 0 Å². The molecule has 2 fully saturated rings. The maximum Gasteiger partial charge on any atom is 0.391 e. The molecule has 0 heterocycles. The predicted molar refractivity (Wildman–Crippen MR) is 70.9 cm³/mol. The normalized spacial score (nSPS) is 40.6. The molecule has 5 unspecified atom stereocenters. The van der Waals surface area contributed by atoms with Gasteiger partial charge in [-0.15, -0.1) is 0 Å². The van der Waals surface area contributed by atoms with Crippen molar-refractivity contribution in [3.8, 4) is 0 Å². The molecule has 1 nitrogen and oxygen atoms in total. The van der Waals surface area contributed by atoms with Gasteiger partial charge in [0.15, 0.2) is 0 Å². The van der Waals surface area contributed by atoms with Gasteiger partial charge in [0.1, 0.15) is 0 Å². The first-order valence-corrected chi connectivity index (χ1v) is 7.74. The summed E-state index contributed by atoms with van der Waals surface area (Å²) in [5.41, 5.74) is 0. The third-order valence-electron chi connectivity index (χ3n) is 5.34. The Kier molecular flexibility index (Phi) is 4.80. The van der Waals surface area contributed by atoms with Gasteiger partial charge in [-0.2, -0.15) is 13.2 Å². The van der Waals surface area contributed by atoms with E-state index in [-0.39, 0.29) is 12.5 Å². The van der Waals surface area contributed by atoms with Crippen LogP contribution in [-0.4, -0.2) is 18.3 Å². The van der Waals surface area contributed by atoms with Crippen LogP contribution in [0.1, 0.15) is 58.8 Å². The molecule has 112 valence electrons. The van der Waals surface area contributed by atoms with Gasteiger partial charge < -0.3 is 5.32 Å². The Morgan fingerprint density at radius 3 is 2.42 bits per heavy atom. The monoisotopic (exact) mass is 277 g/mol. The lowest BCUT2D eigenvalue weighted by Crippen LogP contribution is -2.45. The molecular formula is C15H26F3N. The quantitative estimate of drug-likeness (QED) is 0.799. The van der Waals surface area contributed by atoms with Gasteiger partial charge in [0.2, 0.25) is 0 Å². The highest BCUT2D eigenvalue weighted by Crippen LogP contribution is 2.39. The average Bonchev–Trinajstić information content (AvgIpc) is 2.70. The highest BCUT2D eigenvalue weighted by Gasteiger charge is 2.43. The fraction of sp³-hybridized carbons (Fsp3) is 1.00. The molecule has 2 aliphatic rings. The summed E-state index contributed by atoms with van der Waals surface area (Å²) >= 11 is 0. The van der Waals surface area contributed by atoms with Crippen molar-refractivity contribution in [1.29, 1.82) is 0 Å². The summed E-state index contributed by atoms with van der Waals surface area (Å²) in [5.74, 6) is 0.271. The van der Waals surface area contributed by atoms with Crippen LogP contribution >= 0.6 is 0 Å². The Morgan fingerprint density at radius 1 is 1.11 bits per heavy atom. The van der Waals surface area contributed by atoms with E-state index in [9.17, 15) is 13.2 Å². The Labute approximate surface area is 114 Å². The fourth-order valence-corrected chi connectivity index (χ4v) is 4.00. The minimum atomic E-state index is -4.01. The van der Waals surface area contributed by atoms with Crippen molar-refractivity contribution in [1.82, 2.24) is 5.32 Å². The lowest BCUT2D eigenvalue weighted by Gasteiger charge is -2.34. The van der Waals surface area contributed by atoms with Crippen LogP contribution in [0.3, 0.4) is 0 Å². The zero-order valence-electron chi connectivity index (χ0n) is 12.0. The molecule has 0 spiro atoms. The summed E-state index contributed by atoms with van der Waals surface area (Å²) in [6.07, 6.45) is 1.76. The summed E-state index contributed by atoms with van der Waals surface area (Å²) in [7, 11) is 0. The highest BCUT2D eigenvalue weighted by molar-refractivity contribution is 4.90. The van der Waals surface area contributed by atoms with Gasteiger partial charge in [0, 0.05) is 12.1 Å². The van der Waals surface area contributed by atoms with Crippen molar-refractivity contribution in [2.24, 2.45) is 17.8 Å². The minimum absolute atomic E-state index is 0.0726. The molecule has 0 radical (unpaired) electrons. The zero-order chi connectivity index (χ0) is 14.0. The van der Waals surface area contributed by atoms with Crippen LogP contribution in [0.4, 0.5) is 13.2 Å². The van der Waals surface area contributed by atoms with E-state index in [2.05, 4.69) is 19.2 Å². The molecule has 0 amide bonds. The standard InChI is InChI=1S/C15H26F3N/c1-3-11-7-8-14(10(11)2)19-13-6-4-5-12(9-13)15(16,17)18/h10-14,19H,3-9H2,1-2H3. The fourth-order valence-electron chi connectivity index (χ4n) is 4.00. The van der Waals surface area contributed by atoms with E-state index >= 15 is 0 Å². The van der Waals surface area contributed by atoms with Crippen molar-refractivity contribution in [3.05, 3.63) is 0 Å². The Bertz CT molecular complexity index is 290. The van der Waals surface area contributed by atoms with Gasteiger partial charge in [-0.3, -0.25) is 0 Å². The second-order valence-corrected chi connectivity index (χ2v) is 6.48. The molecule has 0 saturated heterocycles. The predicted octanol–water partition coefficient (Wildman–Crippen LogP) is 4.52. The number of rotatable bonds is 3. The van der Waals surface area contributed by atoms with Crippen LogP contribution in [0.15, 0.2) is 0 Å². The maximum absolute atomic E-state index is 12.8. The number of halogens is 3. The van der Waals surface area contributed by atoms with Crippen molar-refractivity contribution in [3.63, 3.8) is 0 Å². The van der Waals surface area contributed by atoms with Crippen LogP contribution in [0, 0.1) is 17.8 Å². The maximum atomic E-state index is 12.8. The molecule has 0 aliphatic heterocycles. The average molecular weight is 277 g/mol. The second-order valence-electron chi connectivity index (χ2n) is 6.48. The summed E-state index contributed by atoms with van der Waals surface area (Å²) in [5, 5.41) is 3.53. The molecule has 0 aromatic rings. The SMILES string of the molecule is CCC1CCC(NC2CCCC(C(F)(F)F)C2)C1C. The molecule has 2 aliphatic carbocycles. The summed E-state index contributed by atoms with van der Waals surface area (Å²) in [6.45, 7) is 4.47. The first-order chi connectivity index (χ1) is 8.91. The lowest BCUT2D eigenvalue weighted by molar-refractivity contribution is -0.183. The van der Waals surface area contributed by atoms with Gasteiger partial charge in [0.05, 0.1) is 5.92 Å². The van der Waals surface area contributed by atoms with Crippen LogP contribution in [0.25, 0.3) is 0 Å². The molecule has 0 aromatic heterocycles. The van der Waals surface area contributed by atoms with Crippen LogP contribution in [0.5, 0.6) is 0 Å². The van der Waals surface area contributed by atoms with Gasteiger partial charge in [-0.1, -0.05) is 26.7 Å². The topological polar surface area (TPSA) is 12.0 Å². The van der Waals surface area contributed by atoms with E-state index in [1.807, 2.05) is 0 Å². The lowest BCUT2D eigenvalue weighted by atomic mass is 9.84. The molecule has 0 aromatic carbocycles. The van der Waals surface area contributed by atoms with Gasteiger partial charge in [-0.05, 0) is 43.9 Å². The third kappa shape index (κ3) is 3.65. The van der Waals surface area contributed by atoms with Gasteiger partial charge in [-0.25, -0.2) is 0 Å². The zero-order valence-corrected chi connectivity index (χ0v) is 12.0. The summed E-state index contributed by atoms with van der Waals surface area (Å²) < 4.78 is 38.4. The number of hydrogen-bond acceptors (Lipinski definition) is 1. The van der Waals surface area contributed by atoms with Gasteiger partial charge >= 0.3 is 6.18 Å². The summed E-state index contributed by atoms with van der Waals surface area (Å²) in [4.78, 5) is 0. The third-order valence-corrected chi connectivity index (χ3v) is 5.34. The van der Waals surface area contributed by atoms with Crippen LogP contribution in [-0.2, 0) is 0 Å². The number of nitrogens with one attached hydrogen (secondary N) is 1. The molecule has 4 heteroatoms. The molecule has 2 rings (SSSR count). The first kappa shape index (κ1) is 15.1. The van der Waals surface area contributed by atoms with E-state index in [0.717, 1.165) is 18.8 Å². The largest absolute Gasteiger partial charge is 0.391 e. The summed E-state index contributed by atoms with van der Waals surface area (Å²) in [6, 6.07) is 0.505. The molecular weight excluding hydrogens is 251 g/mol. The first-order valence-electron chi connectivity index (χ1n) is 7.74. The smallest absolute Gasteiger partial charge is 0.311 e. The number of hydrogen-bond donors (Lipinski definition) is 1. The Hall–Kier alpha value is -0.250. The van der Waals surface area contributed by atoms with E-state index < -0.39 is 12.1 Å². The van der Waals surface area contributed by atoms with Crippen molar-refractivity contribution >= 4 is 0 Å². The molecule has 0 bridgehead atoms. The number of alkyl halides is 3. The molecule has 1 N–H and O–H groups in total.